The zero-order chi connectivity index (χ0) is 18.4. The van der Waals surface area contributed by atoms with Gasteiger partial charge in [-0.1, -0.05) is 35.9 Å². The van der Waals surface area contributed by atoms with Crippen molar-refractivity contribution in [3.8, 4) is 5.75 Å². The predicted octanol–water partition coefficient (Wildman–Crippen LogP) is 3.24. The van der Waals surface area contributed by atoms with Crippen molar-refractivity contribution in [1.29, 1.82) is 0 Å². The van der Waals surface area contributed by atoms with Crippen molar-refractivity contribution in [2.75, 3.05) is 13.7 Å². The minimum absolute atomic E-state index is 0.0920. The summed E-state index contributed by atoms with van der Waals surface area (Å²) >= 11 is 0. The first-order valence-electron chi connectivity index (χ1n) is 8.03. The fourth-order valence-corrected chi connectivity index (χ4v) is 2.46. The Balaban J connectivity index is 1.89. The highest BCUT2D eigenvalue weighted by molar-refractivity contribution is 5.74. The molecule has 0 aliphatic carbocycles. The van der Waals surface area contributed by atoms with Crippen molar-refractivity contribution in [1.82, 2.24) is 10.6 Å². The molecule has 134 valence electrons. The maximum atomic E-state index is 13.4. The van der Waals surface area contributed by atoms with Crippen molar-refractivity contribution >= 4 is 6.03 Å². The number of methoxy groups -OCH3 is 1. The molecule has 0 saturated heterocycles. The van der Waals surface area contributed by atoms with E-state index in [0.717, 1.165) is 11.1 Å². The van der Waals surface area contributed by atoms with Crippen LogP contribution >= 0.6 is 0 Å². The summed E-state index contributed by atoms with van der Waals surface area (Å²) in [5, 5.41) is 15.5. The molecule has 2 aromatic rings. The molecule has 2 unspecified atom stereocenters. The number of hydrogen-bond acceptors (Lipinski definition) is 3. The third-order valence-electron chi connectivity index (χ3n) is 3.91. The van der Waals surface area contributed by atoms with Crippen molar-refractivity contribution in [2.45, 2.75) is 26.0 Å². The van der Waals surface area contributed by atoms with Crippen molar-refractivity contribution < 1.29 is 19.0 Å². The molecule has 0 bridgehead atoms. The number of aliphatic hydroxyl groups is 1. The highest BCUT2D eigenvalue weighted by atomic mass is 19.1. The third kappa shape index (κ3) is 5.19. The fourth-order valence-electron chi connectivity index (χ4n) is 2.46. The van der Waals surface area contributed by atoms with Crippen LogP contribution in [-0.4, -0.2) is 24.8 Å². The molecule has 5 nitrogen and oxygen atoms in total. The molecule has 0 aliphatic rings. The van der Waals surface area contributed by atoms with Gasteiger partial charge in [0.2, 0.25) is 0 Å². The number of carbonyl (C=O) groups is 1. The summed E-state index contributed by atoms with van der Waals surface area (Å²) in [6.07, 6.45) is -0.785. The molecule has 25 heavy (non-hydrogen) atoms. The number of rotatable bonds is 6. The van der Waals surface area contributed by atoms with Crippen LogP contribution in [0.5, 0.6) is 5.75 Å². The third-order valence-corrected chi connectivity index (χ3v) is 3.91. The van der Waals surface area contributed by atoms with Crippen molar-refractivity contribution in [2.24, 2.45) is 0 Å². The van der Waals surface area contributed by atoms with E-state index in [1.165, 1.54) is 13.2 Å². The Labute approximate surface area is 146 Å². The van der Waals surface area contributed by atoms with Crippen LogP contribution in [0.25, 0.3) is 0 Å². The second kappa shape index (κ2) is 8.48. The van der Waals surface area contributed by atoms with Gasteiger partial charge in [-0.15, -0.1) is 0 Å². The number of aliphatic hydroxyl groups excluding tert-OH is 1. The van der Waals surface area contributed by atoms with Gasteiger partial charge in [-0.2, -0.15) is 0 Å². The predicted molar refractivity (Wildman–Crippen MR) is 94.0 cm³/mol. The molecule has 0 fully saturated rings. The maximum absolute atomic E-state index is 13.4. The van der Waals surface area contributed by atoms with E-state index in [2.05, 4.69) is 10.6 Å². The first kappa shape index (κ1) is 18.7. The van der Waals surface area contributed by atoms with Crippen LogP contribution in [0.15, 0.2) is 42.5 Å². The Kier molecular flexibility index (Phi) is 6.36. The summed E-state index contributed by atoms with van der Waals surface area (Å²) in [5.74, 6) is -0.328. The molecule has 2 rings (SSSR count). The Hall–Kier alpha value is -2.60. The van der Waals surface area contributed by atoms with Gasteiger partial charge in [0.1, 0.15) is 0 Å². The van der Waals surface area contributed by atoms with E-state index in [1.54, 1.807) is 19.1 Å². The number of benzene rings is 2. The largest absolute Gasteiger partial charge is 0.494 e. The van der Waals surface area contributed by atoms with Gasteiger partial charge in [0, 0.05) is 6.54 Å². The minimum Gasteiger partial charge on any atom is -0.494 e. The molecule has 2 amide bonds. The zero-order valence-electron chi connectivity index (χ0n) is 14.5. The summed E-state index contributed by atoms with van der Waals surface area (Å²) in [5.41, 5.74) is 2.50. The van der Waals surface area contributed by atoms with Crippen LogP contribution in [0, 0.1) is 12.7 Å². The minimum atomic E-state index is -0.785. The van der Waals surface area contributed by atoms with E-state index in [4.69, 9.17) is 4.74 Å². The number of amides is 2. The van der Waals surface area contributed by atoms with Gasteiger partial charge in [0.15, 0.2) is 11.6 Å². The Morgan fingerprint density at radius 1 is 1.24 bits per heavy atom. The van der Waals surface area contributed by atoms with Gasteiger partial charge in [0.25, 0.3) is 0 Å². The van der Waals surface area contributed by atoms with Crippen LogP contribution in [0.4, 0.5) is 9.18 Å². The molecule has 0 aromatic heterocycles. The van der Waals surface area contributed by atoms with Crippen LogP contribution < -0.4 is 15.4 Å². The number of ether oxygens (including phenoxy) is 1. The Morgan fingerprint density at radius 3 is 2.68 bits per heavy atom. The molecule has 2 atom stereocenters. The van der Waals surface area contributed by atoms with E-state index in [1.807, 2.05) is 31.2 Å². The van der Waals surface area contributed by atoms with Gasteiger partial charge < -0.3 is 20.5 Å². The molecule has 0 spiro atoms. The van der Waals surface area contributed by atoms with Gasteiger partial charge in [-0.3, -0.25) is 0 Å². The Bertz CT molecular complexity index is 736. The van der Waals surface area contributed by atoms with E-state index in [0.29, 0.717) is 5.56 Å². The van der Waals surface area contributed by atoms with E-state index < -0.39 is 18.0 Å². The van der Waals surface area contributed by atoms with Crippen LogP contribution in [0.1, 0.15) is 35.8 Å². The second-order valence-corrected chi connectivity index (χ2v) is 5.90. The summed E-state index contributed by atoms with van der Waals surface area (Å²) < 4.78 is 18.4. The zero-order valence-corrected chi connectivity index (χ0v) is 14.5. The molecular weight excluding hydrogens is 323 g/mol. The summed E-state index contributed by atoms with van der Waals surface area (Å²) in [6, 6.07) is 11.2. The SMILES string of the molecule is COc1cc(C(C)NC(=O)NCC(O)c2cccc(C)c2)ccc1F. The monoisotopic (exact) mass is 346 g/mol. The standard InChI is InChI=1S/C19H23FN2O3/c1-12-5-4-6-15(9-12)17(23)11-21-19(24)22-13(2)14-7-8-16(20)18(10-14)25-3/h4-10,13,17,23H,11H2,1-3H3,(H2,21,22,24). The average Bonchev–Trinajstić information content (AvgIpc) is 2.60. The lowest BCUT2D eigenvalue weighted by molar-refractivity contribution is 0.172. The number of aryl methyl sites for hydroxylation is 1. The lowest BCUT2D eigenvalue weighted by Gasteiger charge is -2.18. The van der Waals surface area contributed by atoms with Gasteiger partial charge in [0.05, 0.1) is 19.3 Å². The quantitative estimate of drug-likeness (QED) is 0.752. The first-order chi connectivity index (χ1) is 11.9. The van der Waals surface area contributed by atoms with Crippen LogP contribution in [0.3, 0.4) is 0 Å². The number of hydrogen-bond donors (Lipinski definition) is 3. The highest BCUT2D eigenvalue weighted by Crippen LogP contribution is 2.22. The average molecular weight is 346 g/mol. The van der Waals surface area contributed by atoms with E-state index in [9.17, 15) is 14.3 Å². The summed E-state index contributed by atoms with van der Waals surface area (Å²) in [6.45, 7) is 3.81. The molecule has 2 aromatic carbocycles. The van der Waals surface area contributed by atoms with Gasteiger partial charge >= 0.3 is 6.03 Å². The lowest BCUT2D eigenvalue weighted by Crippen LogP contribution is -2.39. The molecule has 6 heteroatoms. The second-order valence-electron chi connectivity index (χ2n) is 5.90. The van der Waals surface area contributed by atoms with Crippen molar-refractivity contribution in [3.63, 3.8) is 0 Å². The fraction of sp³-hybridized carbons (Fsp3) is 0.316. The van der Waals surface area contributed by atoms with E-state index >= 15 is 0 Å². The number of nitrogens with one attached hydrogen (secondary N) is 2. The molecule has 3 N–H and O–H groups in total. The number of halogens is 1. The molecule has 0 saturated carbocycles. The first-order valence-corrected chi connectivity index (χ1v) is 8.03. The molecule has 0 heterocycles. The molecule has 0 radical (unpaired) electrons. The van der Waals surface area contributed by atoms with Gasteiger partial charge in [-0.25, -0.2) is 9.18 Å². The topological polar surface area (TPSA) is 70.6 Å². The molecule has 0 aliphatic heterocycles. The highest BCUT2D eigenvalue weighted by Gasteiger charge is 2.14. The maximum Gasteiger partial charge on any atom is 0.315 e. The smallest absolute Gasteiger partial charge is 0.315 e. The van der Waals surface area contributed by atoms with Crippen molar-refractivity contribution in [3.05, 3.63) is 65.0 Å². The lowest BCUT2D eigenvalue weighted by atomic mass is 10.1. The number of urea groups is 1. The normalized spacial score (nSPS) is 13.0. The van der Waals surface area contributed by atoms with E-state index in [-0.39, 0.29) is 18.3 Å². The number of carbonyl (C=O) groups excluding carboxylic acids is 1. The Morgan fingerprint density at radius 2 is 2.00 bits per heavy atom. The summed E-state index contributed by atoms with van der Waals surface area (Å²) in [7, 11) is 1.39. The van der Waals surface area contributed by atoms with Gasteiger partial charge in [-0.05, 0) is 37.1 Å². The molecular formula is C19H23FN2O3. The van der Waals surface area contributed by atoms with Crippen LogP contribution in [0.2, 0.25) is 0 Å². The van der Waals surface area contributed by atoms with Crippen LogP contribution in [-0.2, 0) is 0 Å². The summed E-state index contributed by atoms with van der Waals surface area (Å²) in [4.78, 5) is 12.0.